The molecular weight excluding hydrogens is 268 g/mol. The highest BCUT2D eigenvalue weighted by molar-refractivity contribution is 9.09. The second-order valence-corrected chi connectivity index (χ2v) is 5.16. The lowest BCUT2D eigenvalue weighted by Crippen LogP contribution is -2.12. The average Bonchev–Trinajstić information content (AvgIpc) is 2.09. The SMILES string of the molecule is CC(C)C(Br)Cc1ncc(Cl)cc1F. The van der Waals surface area contributed by atoms with Crippen LogP contribution in [0.4, 0.5) is 4.39 Å². The molecule has 0 N–H and O–H groups in total. The van der Waals surface area contributed by atoms with Crippen LogP contribution in [0.15, 0.2) is 12.3 Å². The Labute approximate surface area is 96.8 Å². The molecule has 1 nitrogen and oxygen atoms in total. The molecule has 1 heterocycles. The third kappa shape index (κ3) is 3.21. The molecule has 0 radical (unpaired) electrons. The van der Waals surface area contributed by atoms with Gasteiger partial charge in [-0.25, -0.2) is 4.39 Å². The molecule has 0 fully saturated rings. The van der Waals surface area contributed by atoms with Crippen LogP contribution in [0, 0.1) is 11.7 Å². The number of hydrogen-bond donors (Lipinski definition) is 0. The van der Waals surface area contributed by atoms with Gasteiger partial charge in [-0.1, -0.05) is 41.4 Å². The molecule has 14 heavy (non-hydrogen) atoms. The van der Waals surface area contributed by atoms with E-state index >= 15 is 0 Å². The molecule has 1 rings (SSSR count). The molecule has 1 aromatic rings. The van der Waals surface area contributed by atoms with Crippen molar-refractivity contribution in [1.82, 2.24) is 4.98 Å². The second-order valence-electron chi connectivity index (χ2n) is 3.55. The fourth-order valence-electron chi connectivity index (χ4n) is 1.01. The average molecular weight is 281 g/mol. The number of pyridine rings is 1. The Morgan fingerprint density at radius 3 is 2.71 bits per heavy atom. The van der Waals surface area contributed by atoms with E-state index in [2.05, 4.69) is 34.8 Å². The lowest BCUT2D eigenvalue weighted by atomic mass is 10.1. The molecular formula is C10H12BrClFN. The number of hydrogen-bond acceptors (Lipinski definition) is 1. The molecule has 0 aliphatic heterocycles. The summed E-state index contributed by atoms with van der Waals surface area (Å²) in [6, 6.07) is 1.30. The zero-order valence-electron chi connectivity index (χ0n) is 8.10. The predicted molar refractivity (Wildman–Crippen MR) is 60.5 cm³/mol. The van der Waals surface area contributed by atoms with Crippen LogP contribution in [0.2, 0.25) is 5.02 Å². The summed E-state index contributed by atoms with van der Waals surface area (Å²) in [5, 5.41) is 0.335. The molecule has 0 spiro atoms. The van der Waals surface area contributed by atoms with E-state index in [-0.39, 0.29) is 10.6 Å². The summed E-state index contributed by atoms with van der Waals surface area (Å²) in [6.07, 6.45) is 2.06. The van der Waals surface area contributed by atoms with Crippen molar-refractivity contribution in [3.63, 3.8) is 0 Å². The number of halogens is 3. The smallest absolute Gasteiger partial charge is 0.146 e. The normalized spacial score (nSPS) is 13.3. The quantitative estimate of drug-likeness (QED) is 0.767. The van der Waals surface area contributed by atoms with Crippen molar-refractivity contribution < 1.29 is 4.39 Å². The highest BCUT2D eigenvalue weighted by Crippen LogP contribution is 2.19. The van der Waals surface area contributed by atoms with Gasteiger partial charge in [-0.3, -0.25) is 4.98 Å². The lowest BCUT2D eigenvalue weighted by Gasteiger charge is -2.13. The van der Waals surface area contributed by atoms with Crippen LogP contribution in [0.25, 0.3) is 0 Å². The fraction of sp³-hybridized carbons (Fsp3) is 0.500. The van der Waals surface area contributed by atoms with Gasteiger partial charge in [0.15, 0.2) is 0 Å². The van der Waals surface area contributed by atoms with Crippen LogP contribution in [-0.2, 0) is 6.42 Å². The fourth-order valence-corrected chi connectivity index (χ4v) is 1.46. The summed E-state index contributed by atoms with van der Waals surface area (Å²) in [4.78, 5) is 4.20. The maximum Gasteiger partial charge on any atom is 0.146 e. The first kappa shape index (κ1) is 11.9. The standard InChI is InChI=1S/C10H12BrClFN/c1-6(2)8(11)4-10-9(13)3-7(12)5-14-10/h3,5-6,8H,4H2,1-2H3. The van der Waals surface area contributed by atoms with Gasteiger partial charge in [0.1, 0.15) is 5.82 Å². The lowest BCUT2D eigenvalue weighted by molar-refractivity contribution is 0.563. The summed E-state index contributed by atoms with van der Waals surface area (Å²) >= 11 is 9.09. The van der Waals surface area contributed by atoms with Crippen molar-refractivity contribution in [2.24, 2.45) is 5.92 Å². The first-order chi connectivity index (χ1) is 6.50. The topological polar surface area (TPSA) is 12.9 Å². The Bertz CT molecular complexity index is 317. The molecule has 1 unspecified atom stereocenters. The summed E-state index contributed by atoms with van der Waals surface area (Å²) in [6.45, 7) is 4.15. The highest BCUT2D eigenvalue weighted by Gasteiger charge is 2.13. The Hall–Kier alpha value is -0.150. The number of alkyl halides is 1. The largest absolute Gasteiger partial charge is 0.257 e. The van der Waals surface area contributed by atoms with Crippen LogP contribution < -0.4 is 0 Å². The minimum absolute atomic E-state index is 0.241. The van der Waals surface area contributed by atoms with Gasteiger partial charge in [0.2, 0.25) is 0 Å². The number of nitrogens with zero attached hydrogens (tertiary/aromatic N) is 1. The summed E-state index contributed by atoms with van der Waals surface area (Å²) < 4.78 is 13.3. The zero-order chi connectivity index (χ0) is 10.7. The third-order valence-electron chi connectivity index (χ3n) is 2.00. The van der Waals surface area contributed by atoms with Crippen molar-refractivity contribution in [3.8, 4) is 0 Å². The van der Waals surface area contributed by atoms with E-state index in [0.29, 0.717) is 23.1 Å². The van der Waals surface area contributed by atoms with Crippen LogP contribution >= 0.6 is 27.5 Å². The Morgan fingerprint density at radius 1 is 1.57 bits per heavy atom. The van der Waals surface area contributed by atoms with E-state index in [1.54, 1.807) is 0 Å². The van der Waals surface area contributed by atoms with Gasteiger partial charge in [0, 0.05) is 17.4 Å². The highest BCUT2D eigenvalue weighted by atomic mass is 79.9. The first-order valence-electron chi connectivity index (χ1n) is 4.44. The van der Waals surface area contributed by atoms with Crippen LogP contribution in [-0.4, -0.2) is 9.81 Å². The van der Waals surface area contributed by atoms with Crippen LogP contribution in [0.5, 0.6) is 0 Å². The van der Waals surface area contributed by atoms with Crippen molar-refractivity contribution >= 4 is 27.5 Å². The van der Waals surface area contributed by atoms with Gasteiger partial charge in [-0.15, -0.1) is 0 Å². The van der Waals surface area contributed by atoms with Gasteiger partial charge in [0.05, 0.1) is 10.7 Å². The van der Waals surface area contributed by atoms with E-state index in [1.165, 1.54) is 12.3 Å². The molecule has 0 saturated heterocycles. The monoisotopic (exact) mass is 279 g/mol. The van der Waals surface area contributed by atoms with Crippen LogP contribution in [0.1, 0.15) is 19.5 Å². The third-order valence-corrected chi connectivity index (χ3v) is 3.58. The Kier molecular flexibility index (Phi) is 4.32. The zero-order valence-corrected chi connectivity index (χ0v) is 10.4. The van der Waals surface area contributed by atoms with Gasteiger partial charge in [0.25, 0.3) is 0 Å². The summed E-state index contributed by atoms with van der Waals surface area (Å²) in [5.41, 5.74) is 0.463. The molecule has 0 aliphatic carbocycles. The minimum atomic E-state index is -0.331. The summed E-state index contributed by atoms with van der Waals surface area (Å²) in [5.74, 6) is 0.120. The summed E-state index contributed by atoms with van der Waals surface area (Å²) in [7, 11) is 0. The van der Waals surface area contributed by atoms with Crippen molar-refractivity contribution in [1.29, 1.82) is 0 Å². The maximum atomic E-state index is 13.3. The van der Waals surface area contributed by atoms with Gasteiger partial charge in [-0.2, -0.15) is 0 Å². The predicted octanol–water partition coefficient (Wildman–Crippen LogP) is 3.84. The van der Waals surface area contributed by atoms with Crippen molar-refractivity contribution in [2.75, 3.05) is 0 Å². The molecule has 0 aliphatic rings. The molecule has 0 amide bonds. The first-order valence-corrected chi connectivity index (χ1v) is 5.74. The molecule has 0 saturated carbocycles. The molecule has 0 aromatic carbocycles. The molecule has 1 atom stereocenters. The Balaban J connectivity index is 2.77. The Morgan fingerprint density at radius 2 is 2.21 bits per heavy atom. The number of rotatable bonds is 3. The van der Waals surface area contributed by atoms with E-state index in [1.807, 2.05) is 0 Å². The molecule has 78 valence electrons. The van der Waals surface area contributed by atoms with Crippen molar-refractivity contribution in [3.05, 3.63) is 28.8 Å². The molecule has 0 bridgehead atoms. The van der Waals surface area contributed by atoms with E-state index in [4.69, 9.17) is 11.6 Å². The van der Waals surface area contributed by atoms with E-state index < -0.39 is 0 Å². The van der Waals surface area contributed by atoms with E-state index in [0.717, 1.165) is 0 Å². The van der Waals surface area contributed by atoms with E-state index in [9.17, 15) is 4.39 Å². The van der Waals surface area contributed by atoms with Crippen molar-refractivity contribution in [2.45, 2.75) is 25.1 Å². The van der Waals surface area contributed by atoms with Crippen LogP contribution in [0.3, 0.4) is 0 Å². The van der Waals surface area contributed by atoms with Gasteiger partial charge >= 0.3 is 0 Å². The minimum Gasteiger partial charge on any atom is -0.257 e. The molecule has 4 heteroatoms. The second kappa shape index (κ2) is 5.08. The molecule has 1 aromatic heterocycles. The van der Waals surface area contributed by atoms with Gasteiger partial charge in [-0.05, 0) is 12.0 Å². The number of aromatic nitrogens is 1. The maximum absolute atomic E-state index is 13.3. The van der Waals surface area contributed by atoms with Gasteiger partial charge < -0.3 is 0 Å².